The van der Waals surface area contributed by atoms with E-state index in [1.54, 1.807) is 6.07 Å². The largest absolute Gasteiger partial charge is 0.350 e. The minimum absolute atomic E-state index is 0.123. The first-order chi connectivity index (χ1) is 9.59. The van der Waals surface area contributed by atoms with E-state index in [0.29, 0.717) is 12.1 Å². The van der Waals surface area contributed by atoms with Gasteiger partial charge in [0.05, 0.1) is 10.9 Å². The van der Waals surface area contributed by atoms with Crippen LogP contribution in [-0.4, -0.2) is 12.5 Å². The summed E-state index contributed by atoms with van der Waals surface area (Å²) >= 11 is 9.72. The number of nitrogens with one attached hydrogen (secondary N) is 1. The quantitative estimate of drug-likeness (QED) is 0.808. The number of hydrogen-bond donors (Lipinski definition) is 1. The van der Waals surface area contributed by atoms with Gasteiger partial charge in [-0.05, 0) is 40.0 Å². The fourth-order valence-electron chi connectivity index (χ4n) is 1.88. The van der Waals surface area contributed by atoms with E-state index in [2.05, 4.69) is 21.2 Å². The highest BCUT2D eigenvalue weighted by molar-refractivity contribution is 9.10. The molecule has 0 aliphatic carbocycles. The number of hydrogen-bond acceptors (Lipinski definition) is 1. The van der Waals surface area contributed by atoms with Crippen molar-refractivity contribution in [3.05, 3.63) is 69.7 Å². The fourth-order valence-corrected chi connectivity index (χ4v) is 2.55. The van der Waals surface area contributed by atoms with Gasteiger partial charge in [0.15, 0.2) is 0 Å². The maximum Gasteiger partial charge on any atom is 0.252 e. The smallest absolute Gasteiger partial charge is 0.252 e. The summed E-state index contributed by atoms with van der Waals surface area (Å²) in [5.41, 5.74) is 2.66. The van der Waals surface area contributed by atoms with Crippen LogP contribution in [0.3, 0.4) is 0 Å². The van der Waals surface area contributed by atoms with Gasteiger partial charge < -0.3 is 5.32 Å². The Labute approximate surface area is 132 Å². The molecule has 2 aromatic carbocycles. The lowest BCUT2D eigenvalue weighted by Crippen LogP contribution is -2.27. The number of amides is 1. The highest BCUT2D eigenvalue weighted by Crippen LogP contribution is 2.22. The van der Waals surface area contributed by atoms with Crippen molar-refractivity contribution in [2.75, 3.05) is 6.54 Å². The molecule has 0 bridgehead atoms. The summed E-state index contributed by atoms with van der Waals surface area (Å²) in [7, 11) is 0. The predicted molar refractivity (Wildman–Crippen MR) is 86.2 cm³/mol. The molecule has 0 fully saturated rings. The average Bonchev–Trinajstić information content (AvgIpc) is 2.48. The number of halogens is 2. The molecule has 0 aliphatic heterocycles. The van der Waals surface area contributed by atoms with Crippen LogP contribution < -0.4 is 5.32 Å². The molecule has 0 aromatic heterocycles. The number of benzene rings is 2. The van der Waals surface area contributed by atoms with Crippen molar-refractivity contribution in [2.24, 2.45) is 0 Å². The molecular weight excluding hydrogens is 338 g/mol. The first-order valence-corrected chi connectivity index (χ1v) is 7.55. The lowest BCUT2D eigenvalue weighted by Gasteiger charge is -2.12. The van der Waals surface area contributed by atoms with Gasteiger partial charge in [-0.15, -0.1) is 11.6 Å². The van der Waals surface area contributed by atoms with Crippen LogP contribution in [-0.2, 0) is 0 Å². The third-order valence-electron chi connectivity index (χ3n) is 3.04. The van der Waals surface area contributed by atoms with Crippen LogP contribution in [0.5, 0.6) is 0 Å². The van der Waals surface area contributed by atoms with E-state index in [0.717, 1.165) is 15.6 Å². The molecule has 0 saturated carbocycles. The molecule has 1 N–H and O–H groups in total. The maximum atomic E-state index is 12.2. The van der Waals surface area contributed by atoms with Crippen molar-refractivity contribution in [3.63, 3.8) is 0 Å². The van der Waals surface area contributed by atoms with Crippen molar-refractivity contribution < 1.29 is 4.79 Å². The van der Waals surface area contributed by atoms with Crippen LogP contribution in [0.2, 0.25) is 0 Å². The molecular formula is C16H15BrClNO. The Morgan fingerprint density at radius 1 is 1.20 bits per heavy atom. The van der Waals surface area contributed by atoms with Crippen molar-refractivity contribution in [3.8, 4) is 0 Å². The lowest BCUT2D eigenvalue weighted by molar-refractivity contribution is 0.0952. The van der Waals surface area contributed by atoms with E-state index in [9.17, 15) is 4.79 Å². The molecule has 4 heteroatoms. The van der Waals surface area contributed by atoms with Crippen LogP contribution >= 0.6 is 27.5 Å². The summed E-state index contributed by atoms with van der Waals surface area (Å²) in [6.45, 7) is 2.35. The van der Waals surface area contributed by atoms with Gasteiger partial charge in [0, 0.05) is 11.0 Å². The number of alkyl halides is 1. The zero-order chi connectivity index (χ0) is 14.5. The van der Waals surface area contributed by atoms with Gasteiger partial charge in [0.25, 0.3) is 5.91 Å². The molecule has 0 radical (unpaired) electrons. The summed E-state index contributed by atoms with van der Waals surface area (Å²) in [5, 5.41) is 2.63. The van der Waals surface area contributed by atoms with E-state index in [-0.39, 0.29) is 11.3 Å². The summed E-state index contributed by atoms with van der Waals surface area (Å²) < 4.78 is 0.823. The molecule has 1 amide bonds. The standard InChI is InChI=1S/C16H15BrClNO/c1-11-6-5-9-13(15(11)17)16(20)19-10-14(18)12-7-3-2-4-8-12/h2-9,14H,10H2,1H3,(H,19,20). The molecule has 1 unspecified atom stereocenters. The Kier molecular flexibility index (Phi) is 5.21. The zero-order valence-electron chi connectivity index (χ0n) is 11.1. The van der Waals surface area contributed by atoms with Crippen LogP contribution in [0.1, 0.15) is 26.9 Å². The van der Waals surface area contributed by atoms with Crippen molar-refractivity contribution in [2.45, 2.75) is 12.3 Å². The fraction of sp³-hybridized carbons (Fsp3) is 0.188. The van der Waals surface area contributed by atoms with Gasteiger partial charge in [-0.1, -0.05) is 42.5 Å². The molecule has 0 heterocycles. The third-order valence-corrected chi connectivity index (χ3v) is 4.50. The predicted octanol–water partition coefficient (Wildman–Crippen LogP) is 4.47. The highest BCUT2D eigenvalue weighted by atomic mass is 79.9. The Bertz CT molecular complexity index is 601. The number of rotatable bonds is 4. The van der Waals surface area contributed by atoms with Crippen molar-refractivity contribution >= 4 is 33.4 Å². The minimum atomic E-state index is -0.233. The van der Waals surface area contributed by atoms with Gasteiger partial charge in [-0.25, -0.2) is 0 Å². The van der Waals surface area contributed by atoms with Crippen molar-refractivity contribution in [1.82, 2.24) is 5.32 Å². The number of carbonyl (C=O) groups is 1. The van der Waals surface area contributed by atoms with Crippen LogP contribution in [0.25, 0.3) is 0 Å². The first kappa shape index (κ1) is 15.1. The van der Waals surface area contributed by atoms with E-state index in [1.165, 1.54) is 0 Å². The summed E-state index contributed by atoms with van der Waals surface area (Å²) in [6, 6.07) is 15.3. The van der Waals surface area contributed by atoms with Gasteiger partial charge in [0.2, 0.25) is 0 Å². The number of aryl methyl sites for hydroxylation is 1. The molecule has 2 nitrogen and oxygen atoms in total. The highest BCUT2D eigenvalue weighted by Gasteiger charge is 2.13. The second kappa shape index (κ2) is 6.91. The van der Waals surface area contributed by atoms with E-state index in [4.69, 9.17) is 11.6 Å². The second-order valence-corrected chi connectivity index (χ2v) is 5.84. The van der Waals surface area contributed by atoms with Gasteiger partial charge in [-0.3, -0.25) is 4.79 Å². The van der Waals surface area contributed by atoms with Gasteiger partial charge >= 0.3 is 0 Å². The number of carbonyl (C=O) groups excluding carboxylic acids is 1. The lowest BCUT2D eigenvalue weighted by atomic mass is 10.1. The Hall–Kier alpha value is -1.32. The normalized spacial score (nSPS) is 11.9. The minimum Gasteiger partial charge on any atom is -0.350 e. The molecule has 1 atom stereocenters. The average molecular weight is 353 g/mol. The molecule has 0 spiro atoms. The van der Waals surface area contributed by atoms with Crippen molar-refractivity contribution in [1.29, 1.82) is 0 Å². The first-order valence-electron chi connectivity index (χ1n) is 6.32. The van der Waals surface area contributed by atoms with Gasteiger partial charge in [-0.2, -0.15) is 0 Å². The Morgan fingerprint density at radius 3 is 2.60 bits per heavy atom. The van der Waals surface area contributed by atoms with Crippen LogP contribution in [0.15, 0.2) is 53.0 Å². The Morgan fingerprint density at radius 2 is 1.90 bits per heavy atom. The molecule has 20 heavy (non-hydrogen) atoms. The molecule has 2 rings (SSSR count). The summed E-state index contributed by atoms with van der Waals surface area (Å²) in [6.07, 6.45) is 0. The van der Waals surface area contributed by atoms with E-state index in [1.807, 2.05) is 49.4 Å². The molecule has 0 aliphatic rings. The SMILES string of the molecule is Cc1cccc(C(=O)NCC(Cl)c2ccccc2)c1Br. The third kappa shape index (κ3) is 3.62. The maximum absolute atomic E-state index is 12.2. The molecule has 0 saturated heterocycles. The summed E-state index contributed by atoms with van der Waals surface area (Å²) in [4.78, 5) is 12.2. The second-order valence-electron chi connectivity index (χ2n) is 4.52. The zero-order valence-corrected chi connectivity index (χ0v) is 13.4. The molecule has 2 aromatic rings. The van der Waals surface area contributed by atoms with Crippen LogP contribution in [0.4, 0.5) is 0 Å². The van der Waals surface area contributed by atoms with E-state index >= 15 is 0 Å². The topological polar surface area (TPSA) is 29.1 Å². The monoisotopic (exact) mass is 351 g/mol. The molecule has 104 valence electrons. The summed E-state index contributed by atoms with van der Waals surface area (Å²) in [5.74, 6) is -0.123. The Balaban J connectivity index is 2.01. The van der Waals surface area contributed by atoms with Gasteiger partial charge in [0.1, 0.15) is 0 Å². The van der Waals surface area contributed by atoms with E-state index < -0.39 is 0 Å². The van der Waals surface area contributed by atoms with Crippen LogP contribution in [0, 0.1) is 6.92 Å².